The molecule has 0 saturated heterocycles. The van der Waals surface area contributed by atoms with Gasteiger partial charge in [0.05, 0.1) is 25.4 Å². The number of hydrogen-bond acceptors (Lipinski definition) is 5. The Labute approximate surface area is 451 Å². The number of carbonyl (C=O) groups is 2. The topological polar surface area (TPSA) is 95.9 Å². The van der Waals surface area contributed by atoms with Gasteiger partial charge in [-0.25, -0.2) is 0 Å². The van der Waals surface area contributed by atoms with E-state index in [2.05, 4.69) is 19.2 Å². The van der Waals surface area contributed by atoms with Crippen LogP contribution in [0, 0.1) is 0 Å². The third-order valence-electron chi connectivity index (χ3n) is 15.9. The van der Waals surface area contributed by atoms with Crippen molar-refractivity contribution in [2.75, 3.05) is 13.2 Å². The number of ether oxygens (including phenoxy) is 1. The molecular formula is C66H131NO5. The summed E-state index contributed by atoms with van der Waals surface area (Å²) in [7, 11) is 0. The van der Waals surface area contributed by atoms with Gasteiger partial charge in [-0.3, -0.25) is 9.59 Å². The van der Waals surface area contributed by atoms with E-state index in [0.717, 1.165) is 38.5 Å². The number of nitrogens with one attached hydrogen (secondary N) is 1. The van der Waals surface area contributed by atoms with Crippen molar-refractivity contribution in [2.24, 2.45) is 0 Å². The number of amides is 1. The van der Waals surface area contributed by atoms with Gasteiger partial charge >= 0.3 is 5.97 Å². The molecule has 72 heavy (non-hydrogen) atoms. The van der Waals surface area contributed by atoms with Crippen molar-refractivity contribution in [1.29, 1.82) is 0 Å². The van der Waals surface area contributed by atoms with E-state index in [0.29, 0.717) is 25.9 Å². The fourth-order valence-corrected chi connectivity index (χ4v) is 10.8. The standard InChI is InChI=1S/C66H131NO5/c1-3-5-7-9-11-13-15-16-35-39-42-46-50-54-58-64(69)63(62-68)67-65(70)59-55-51-47-43-40-36-33-31-29-27-25-23-21-19-17-18-20-22-24-26-28-30-32-34-37-41-45-49-53-57-61-72-66(71)60-56-52-48-44-38-14-12-10-8-6-4-2/h63-64,68-69H,3-62H2,1-2H3,(H,67,70). The molecule has 0 aliphatic heterocycles. The molecule has 0 aromatic rings. The number of aliphatic hydroxyl groups excluding tert-OH is 2. The Hall–Kier alpha value is -1.14. The largest absolute Gasteiger partial charge is 0.466 e. The predicted octanol–water partition coefficient (Wildman–Crippen LogP) is 21.0. The number of carbonyl (C=O) groups excluding carboxylic acids is 2. The van der Waals surface area contributed by atoms with Crippen LogP contribution in [0.1, 0.15) is 386 Å². The monoisotopic (exact) mass is 1020 g/mol. The summed E-state index contributed by atoms with van der Waals surface area (Å²) < 4.78 is 5.47. The average Bonchev–Trinajstić information content (AvgIpc) is 3.38. The van der Waals surface area contributed by atoms with Gasteiger partial charge in [-0.1, -0.05) is 348 Å². The van der Waals surface area contributed by atoms with E-state index >= 15 is 0 Å². The number of rotatable bonds is 63. The lowest BCUT2D eigenvalue weighted by Crippen LogP contribution is -2.45. The minimum atomic E-state index is -0.659. The highest BCUT2D eigenvalue weighted by atomic mass is 16.5. The maximum atomic E-state index is 12.5. The first-order valence-corrected chi connectivity index (χ1v) is 33.3. The molecule has 6 heteroatoms. The molecule has 0 aliphatic carbocycles. The van der Waals surface area contributed by atoms with Gasteiger partial charge in [0.1, 0.15) is 0 Å². The number of unbranched alkanes of at least 4 members (excludes halogenated alkanes) is 52. The van der Waals surface area contributed by atoms with Crippen LogP contribution in [0.4, 0.5) is 0 Å². The zero-order valence-corrected chi connectivity index (χ0v) is 49.2. The third kappa shape index (κ3) is 58.1. The molecule has 0 aromatic carbocycles. The fourth-order valence-electron chi connectivity index (χ4n) is 10.8. The SMILES string of the molecule is CCCCCCCCCCCCCCCCC(O)C(CO)NC(=O)CCCCCCCCCCCCCCCCCCCCCCCCCCCCCCCCOC(=O)CCCCCCCCCCCCC. The zero-order valence-electron chi connectivity index (χ0n) is 49.2. The molecule has 0 fully saturated rings. The molecule has 0 heterocycles. The van der Waals surface area contributed by atoms with Crippen molar-refractivity contribution in [3.63, 3.8) is 0 Å². The number of esters is 1. The molecule has 0 rings (SSSR count). The van der Waals surface area contributed by atoms with E-state index in [4.69, 9.17) is 4.74 Å². The van der Waals surface area contributed by atoms with Crippen LogP contribution < -0.4 is 5.32 Å². The van der Waals surface area contributed by atoms with E-state index in [1.165, 1.54) is 315 Å². The molecule has 6 nitrogen and oxygen atoms in total. The molecule has 0 aliphatic rings. The summed E-state index contributed by atoms with van der Waals surface area (Å²) in [4.78, 5) is 24.5. The molecule has 0 bridgehead atoms. The van der Waals surface area contributed by atoms with Gasteiger partial charge in [0.25, 0.3) is 0 Å². The minimum absolute atomic E-state index is 0.0207. The summed E-state index contributed by atoms with van der Waals surface area (Å²) in [5.41, 5.74) is 0. The van der Waals surface area contributed by atoms with Crippen LogP contribution in [-0.4, -0.2) is 47.4 Å². The van der Waals surface area contributed by atoms with Gasteiger partial charge in [-0.15, -0.1) is 0 Å². The quantitative estimate of drug-likeness (QED) is 0.0417. The van der Waals surface area contributed by atoms with Gasteiger partial charge in [-0.2, -0.15) is 0 Å². The second-order valence-electron chi connectivity index (χ2n) is 23.2. The average molecular weight is 1020 g/mol. The Morgan fingerprint density at radius 1 is 0.333 bits per heavy atom. The van der Waals surface area contributed by atoms with Crippen molar-refractivity contribution in [2.45, 2.75) is 398 Å². The van der Waals surface area contributed by atoms with Crippen molar-refractivity contribution in [3.05, 3.63) is 0 Å². The number of aliphatic hydroxyl groups is 2. The highest BCUT2D eigenvalue weighted by Gasteiger charge is 2.20. The first-order chi connectivity index (χ1) is 35.5. The minimum Gasteiger partial charge on any atom is -0.466 e. The van der Waals surface area contributed by atoms with Crippen molar-refractivity contribution in [1.82, 2.24) is 5.32 Å². The van der Waals surface area contributed by atoms with Crippen LogP contribution in [0.25, 0.3) is 0 Å². The van der Waals surface area contributed by atoms with Crippen LogP contribution in [0.2, 0.25) is 0 Å². The van der Waals surface area contributed by atoms with Gasteiger partial charge in [0, 0.05) is 12.8 Å². The van der Waals surface area contributed by atoms with Gasteiger partial charge in [0.15, 0.2) is 0 Å². The summed E-state index contributed by atoms with van der Waals surface area (Å²) >= 11 is 0. The molecule has 0 spiro atoms. The highest BCUT2D eigenvalue weighted by Crippen LogP contribution is 2.19. The van der Waals surface area contributed by atoms with Crippen LogP contribution in [-0.2, 0) is 14.3 Å². The maximum Gasteiger partial charge on any atom is 0.305 e. The third-order valence-corrected chi connectivity index (χ3v) is 15.9. The number of hydrogen-bond donors (Lipinski definition) is 3. The van der Waals surface area contributed by atoms with E-state index < -0.39 is 12.1 Å². The van der Waals surface area contributed by atoms with Crippen molar-refractivity contribution in [3.8, 4) is 0 Å². The lowest BCUT2D eigenvalue weighted by atomic mass is 10.0. The summed E-state index contributed by atoms with van der Waals surface area (Å²) in [6.07, 6.45) is 74.3. The Kier molecular flexibility index (Phi) is 61.4. The van der Waals surface area contributed by atoms with Crippen molar-refractivity contribution >= 4 is 11.9 Å². The van der Waals surface area contributed by atoms with Gasteiger partial charge < -0.3 is 20.3 Å². The van der Waals surface area contributed by atoms with E-state index in [1.807, 2.05) is 0 Å². The molecule has 2 atom stereocenters. The second kappa shape index (κ2) is 62.4. The zero-order chi connectivity index (χ0) is 52.2. The Balaban J connectivity index is 3.31. The lowest BCUT2D eigenvalue weighted by Gasteiger charge is -2.22. The molecule has 2 unspecified atom stereocenters. The summed E-state index contributed by atoms with van der Waals surface area (Å²) in [5.74, 6) is -0.00734. The van der Waals surface area contributed by atoms with E-state index in [-0.39, 0.29) is 18.5 Å². The Morgan fingerprint density at radius 2 is 0.569 bits per heavy atom. The first kappa shape index (κ1) is 70.9. The first-order valence-electron chi connectivity index (χ1n) is 33.3. The van der Waals surface area contributed by atoms with E-state index in [1.54, 1.807) is 0 Å². The molecule has 1 amide bonds. The molecule has 0 saturated carbocycles. The lowest BCUT2D eigenvalue weighted by molar-refractivity contribution is -0.143. The Morgan fingerprint density at radius 3 is 0.847 bits per heavy atom. The van der Waals surface area contributed by atoms with Gasteiger partial charge in [-0.05, 0) is 25.7 Å². The highest BCUT2D eigenvalue weighted by molar-refractivity contribution is 5.76. The molecular weight excluding hydrogens is 887 g/mol. The van der Waals surface area contributed by atoms with Crippen molar-refractivity contribution < 1.29 is 24.5 Å². The molecule has 0 radical (unpaired) electrons. The predicted molar refractivity (Wildman–Crippen MR) is 315 cm³/mol. The normalized spacial score (nSPS) is 12.4. The Bertz CT molecular complexity index is 1040. The smallest absolute Gasteiger partial charge is 0.305 e. The second-order valence-corrected chi connectivity index (χ2v) is 23.2. The maximum absolute atomic E-state index is 12.5. The molecule has 3 N–H and O–H groups in total. The fraction of sp³-hybridized carbons (Fsp3) is 0.970. The molecule has 0 aromatic heterocycles. The van der Waals surface area contributed by atoms with Crippen LogP contribution in [0.5, 0.6) is 0 Å². The summed E-state index contributed by atoms with van der Waals surface area (Å²) in [6.45, 7) is 4.99. The van der Waals surface area contributed by atoms with E-state index in [9.17, 15) is 19.8 Å². The molecule has 430 valence electrons. The summed E-state index contributed by atoms with van der Waals surface area (Å²) in [5, 5.41) is 23.3. The van der Waals surface area contributed by atoms with Crippen LogP contribution >= 0.6 is 0 Å². The van der Waals surface area contributed by atoms with Gasteiger partial charge in [0.2, 0.25) is 5.91 Å². The van der Waals surface area contributed by atoms with Crippen LogP contribution in [0.15, 0.2) is 0 Å². The van der Waals surface area contributed by atoms with Crippen LogP contribution in [0.3, 0.4) is 0 Å². The summed E-state index contributed by atoms with van der Waals surface area (Å²) in [6, 6.07) is -0.536.